The SMILES string of the molecule is Cc1ccc(Oc2ccc(F)c([C@H](N[S+]([O-])C(C)(C)C)[C@@H](F)C(=O)O)c2)cn1. The van der Waals surface area contributed by atoms with E-state index in [1.807, 2.05) is 0 Å². The zero-order valence-corrected chi connectivity index (χ0v) is 16.7. The maximum atomic E-state index is 14.4. The second-order valence-electron chi connectivity index (χ2n) is 7.14. The zero-order valence-electron chi connectivity index (χ0n) is 15.9. The van der Waals surface area contributed by atoms with Gasteiger partial charge in [0, 0.05) is 22.6 Å². The van der Waals surface area contributed by atoms with E-state index in [1.54, 1.807) is 39.8 Å². The van der Waals surface area contributed by atoms with E-state index in [2.05, 4.69) is 9.71 Å². The van der Waals surface area contributed by atoms with E-state index in [1.165, 1.54) is 18.3 Å². The minimum atomic E-state index is -2.52. The standard InChI is InChI=1S/C19H22F2N2O4S/c1-11-5-6-13(10-22-11)27-12-7-8-15(20)14(9-12)17(16(21)18(24)25)23-28(26)19(2,3)4/h5-10,16-17,23H,1-4H3,(H,24,25)/t16-,17+,28?/m1/s1. The highest BCUT2D eigenvalue weighted by Crippen LogP contribution is 2.31. The second-order valence-corrected chi connectivity index (χ2v) is 9.14. The highest BCUT2D eigenvalue weighted by molar-refractivity contribution is 7.90. The Labute approximate surface area is 165 Å². The number of nitrogens with zero attached hydrogens (tertiary/aromatic N) is 1. The molecule has 1 heterocycles. The first-order chi connectivity index (χ1) is 13.0. The minimum Gasteiger partial charge on any atom is -0.598 e. The number of aromatic nitrogens is 1. The van der Waals surface area contributed by atoms with Gasteiger partial charge in [-0.3, -0.25) is 4.98 Å². The number of pyridine rings is 1. The smallest absolute Gasteiger partial charge is 0.340 e. The van der Waals surface area contributed by atoms with Crippen molar-refractivity contribution in [2.24, 2.45) is 0 Å². The fourth-order valence-electron chi connectivity index (χ4n) is 2.19. The van der Waals surface area contributed by atoms with E-state index in [4.69, 9.17) is 9.84 Å². The second kappa shape index (κ2) is 8.85. The zero-order chi connectivity index (χ0) is 21.1. The third-order valence-electron chi connectivity index (χ3n) is 3.74. The molecule has 0 bridgehead atoms. The van der Waals surface area contributed by atoms with Crippen molar-refractivity contribution in [3.63, 3.8) is 0 Å². The van der Waals surface area contributed by atoms with Gasteiger partial charge in [0.05, 0.1) is 6.20 Å². The Morgan fingerprint density at radius 2 is 1.93 bits per heavy atom. The first kappa shape index (κ1) is 22.1. The van der Waals surface area contributed by atoms with Gasteiger partial charge in [-0.25, -0.2) is 13.6 Å². The summed E-state index contributed by atoms with van der Waals surface area (Å²) in [6.45, 7) is 6.68. The molecule has 2 rings (SSSR count). The lowest BCUT2D eigenvalue weighted by atomic mass is 10.0. The number of halogens is 2. The molecule has 0 aliphatic heterocycles. The topological polar surface area (TPSA) is 94.5 Å². The largest absolute Gasteiger partial charge is 0.598 e. The van der Waals surface area contributed by atoms with Crippen molar-refractivity contribution in [1.82, 2.24) is 9.71 Å². The van der Waals surface area contributed by atoms with Gasteiger partial charge in [-0.2, -0.15) is 0 Å². The Kier molecular flexibility index (Phi) is 6.97. The summed E-state index contributed by atoms with van der Waals surface area (Å²) in [5.74, 6) is -2.10. The summed E-state index contributed by atoms with van der Waals surface area (Å²) in [7, 11) is 0. The van der Waals surface area contributed by atoms with Gasteiger partial charge >= 0.3 is 5.97 Å². The van der Waals surface area contributed by atoms with Crippen LogP contribution in [0.1, 0.15) is 38.1 Å². The average molecular weight is 412 g/mol. The number of alkyl halides is 1. The van der Waals surface area contributed by atoms with E-state index >= 15 is 0 Å². The number of hydrogen-bond acceptors (Lipinski definition) is 5. The monoisotopic (exact) mass is 412 g/mol. The molecule has 0 saturated carbocycles. The molecule has 6 nitrogen and oxygen atoms in total. The average Bonchev–Trinajstić information content (AvgIpc) is 2.61. The molecule has 0 fully saturated rings. The lowest BCUT2D eigenvalue weighted by Gasteiger charge is -2.29. The number of ether oxygens (including phenoxy) is 1. The van der Waals surface area contributed by atoms with Crippen molar-refractivity contribution in [3.8, 4) is 11.5 Å². The normalized spacial score (nSPS) is 15.0. The van der Waals surface area contributed by atoms with Crippen molar-refractivity contribution >= 4 is 17.3 Å². The number of carboxylic acid groups (broad SMARTS) is 1. The third-order valence-corrected chi connectivity index (χ3v) is 5.32. The number of hydrogen-bond donors (Lipinski definition) is 2. The molecule has 0 radical (unpaired) electrons. The van der Waals surface area contributed by atoms with E-state index < -0.39 is 40.1 Å². The molecule has 1 aromatic heterocycles. The third kappa shape index (κ3) is 5.63. The molecule has 0 spiro atoms. The van der Waals surface area contributed by atoms with Gasteiger partial charge in [-0.15, -0.1) is 4.72 Å². The van der Waals surface area contributed by atoms with Gasteiger partial charge in [0.25, 0.3) is 0 Å². The Morgan fingerprint density at radius 3 is 2.46 bits per heavy atom. The van der Waals surface area contributed by atoms with Crippen LogP contribution in [0.3, 0.4) is 0 Å². The summed E-state index contributed by atoms with van der Waals surface area (Å²) in [5, 5.41) is 9.07. The Bertz CT molecular complexity index is 828. The Morgan fingerprint density at radius 1 is 1.29 bits per heavy atom. The van der Waals surface area contributed by atoms with Gasteiger partial charge in [0.15, 0.2) is 0 Å². The van der Waals surface area contributed by atoms with Crippen LogP contribution in [-0.4, -0.2) is 31.5 Å². The Hall–Kier alpha value is -2.23. The molecule has 1 aromatic carbocycles. The number of nitrogens with one attached hydrogen (secondary N) is 1. The van der Waals surface area contributed by atoms with Gasteiger partial charge < -0.3 is 14.4 Å². The number of aliphatic carboxylic acids is 1. The molecule has 1 unspecified atom stereocenters. The van der Waals surface area contributed by atoms with Crippen LogP contribution >= 0.6 is 0 Å². The highest BCUT2D eigenvalue weighted by Gasteiger charge is 2.38. The van der Waals surface area contributed by atoms with Gasteiger partial charge in [0.2, 0.25) is 6.17 Å². The lowest BCUT2D eigenvalue weighted by molar-refractivity contribution is -0.143. The number of carbonyl (C=O) groups is 1. The van der Waals surface area contributed by atoms with Crippen LogP contribution in [0, 0.1) is 12.7 Å². The van der Waals surface area contributed by atoms with Gasteiger partial charge in [0.1, 0.15) is 28.1 Å². The maximum absolute atomic E-state index is 14.4. The summed E-state index contributed by atoms with van der Waals surface area (Å²) in [6, 6.07) is 5.25. The summed E-state index contributed by atoms with van der Waals surface area (Å²) < 4.78 is 48.4. The predicted octanol–water partition coefficient (Wildman–Crippen LogP) is 3.84. The molecular weight excluding hydrogens is 390 g/mol. The molecule has 0 amide bonds. The Balaban J connectivity index is 2.38. The van der Waals surface area contributed by atoms with Crippen LogP contribution in [-0.2, 0) is 16.2 Å². The number of benzene rings is 1. The van der Waals surface area contributed by atoms with Crippen LogP contribution in [0.2, 0.25) is 0 Å². The van der Waals surface area contributed by atoms with E-state index in [9.17, 15) is 18.1 Å². The molecule has 3 atom stereocenters. The van der Waals surface area contributed by atoms with Crippen LogP contribution in [0.5, 0.6) is 11.5 Å². The number of rotatable bonds is 7. The summed E-state index contributed by atoms with van der Waals surface area (Å²) in [4.78, 5) is 15.3. The summed E-state index contributed by atoms with van der Waals surface area (Å²) in [5.41, 5.74) is 0.480. The quantitative estimate of drug-likeness (QED) is 0.671. The first-order valence-electron chi connectivity index (χ1n) is 8.44. The fraction of sp³-hybridized carbons (Fsp3) is 0.368. The molecule has 28 heavy (non-hydrogen) atoms. The maximum Gasteiger partial charge on any atom is 0.340 e. The first-order valence-corrected chi connectivity index (χ1v) is 9.59. The molecule has 152 valence electrons. The molecule has 2 aromatic rings. The molecule has 0 saturated heterocycles. The predicted molar refractivity (Wildman–Crippen MR) is 102 cm³/mol. The lowest BCUT2D eigenvalue weighted by Crippen LogP contribution is -2.45. The van der Waals surface area contributed by atoms with Crippen LogP contribution in [0.25, 0.3) is 0 Å². The van der Waals surface area contributed by atoms with Crippen LogP contribution in [0.15, 0.2) is 36.5 Å². The number of carboxylic acids is 1. The molecule has 0 aliphatic carbocycles. The fourth-order valence-corrected chi connectivity index (χ4v) is 3.02. The van der Waals surface area contributed by atoms with Gasteiger partial charge in [-0.05, 0) is 58.0 Å². The van der Waals surface area contributed by atoms with E-state index in [0.717, 1.165) is 11.8 Å². The molecule has 2 N–H and O–H groups in total. The van der Waals surface area contributed by atoms with E-state index in [-0.39, 0.29) is 11.3 Å². The van der Waals surface area contributed by atoms with Crippen molar-refractivity contribution in [3.05, 3.63) is 53.6 Å². The van der Waals surface area contributed by atoms with Crippen molar-refractivity contribution in [2.75, 3.05) is 0 Å². The van der Waals surface area contributed by atoms with Crippen LogP contribution < -0.4 is 9.46 Å². The molecular formula is C19H22F2N2O4S. The van der Waals surface area contributed by atoms with Crippen molar-refractivity contribution < 1.29 is 28.0 Å². The van der Waals surface area contributed by atoms with Crippen LogP contribution in [0.4, 0.5) is 8.78 Å². The highest BCUT2D eigenvalue weighted by atomic mass is 32.2. The van der Waals surface area contributed by atoms with Crippen molar-refractivity contribution in [2.45, 2.75) is 44.7 Å². The van der Waals surface area contributed by atoms with E-state index in [0.29, 0.717) is 5.75 Å². The molecule has 0 aliphatic rings. The van der Waals surface area contributed by atoms with Crippen molar-refractivity contribution in [1.29, 1.82) is 0 Å². The van der Waals surface area contributed by atoms with Gasteiger partial charge in [-0.1, -0.05) is 0 Å². The number of aryl methyl sites for hydroxylation is 1. The summed E-state index contributed by atoms with van der Waals surface area (Å²) in [6.07, 6.45) is -1.05. The summed E-state index contributed by atoms with van der Waals surface area (Å²) >= 11 is -1.83. The molecule has 9 heteroatoms. The minimum absolute atomic E-state index is 0.160.